The summed E-state index contributed by atoms with van der Waals surface area (Å²) in [5.41, 5.74) is 9.93. The maximum Gasteiger partial charge on any atom is 0.472 e. The molecule has 5 rings (SSSR count). The molecule has 12 heteroatoms. The fourth-order valence-electron chi connectivity index (χ4n) is 3.47. The quantitative estimate of drug-likeness (QED) is 0.346. The van der Waals surface area contributed by atoms with Gasteiger partial charge in [0.25, 0.3) is 5.89 Å². The summed E-state index contributed by atoms with van der Waals surface area (Å²) in [4.78, 5) is 13.9. The van der Waals surface area contributed by atoms with Crippen LogP contribution in [0, 0.1) is 0 Å². The molecular formula is C23H21ClN3O7P. The van der Waals surface area contributed by atoms with E-state index < -0.39 is 13.4 Å². The van der Waals surface area contributed by atoms with Crippen LogP contribution in [-0.2, 0) is 23.9 Å². The third kappa shape index (κ3) is 4.91. The Morgan fingerprint density at radius 1 is 1.31 bits per heavy atom. The van der Waals surface area contributed by atoms with E-state index in [0.717, 1.165) is 11.8 Å². The van der Waals surface area contributed by atoms with Crippen molar-refractivity contribution in [2.24, 2.45) is 5.73 Å². The highest BCUT2D eigenvalue weighted by Gasteiger charge is 2.42. The van der Waals surface area contributed by atoms with Gasteiger partial charge in [0, 0.05) is 10.9 Å². The Kier molecular flexibility index (Phi) is 6.29. The van der Waals surface area contributed by atoms with Gasteiger partial charge in [-0.2, -0.15) is 4.98 Å². The number of benzene rings is 1. The van der Waals surface area contributed by atoms with E-state index in [-0.39, 0.29) is 19.1 Å². The maximum absolute atomic E-state index is 11.5. The smallest absolute Gasteiger partial charge is 0.472 e. The molecule has 0 bridgehead atoms. The lowest BCUT2D eigenvalue weighted by molar-refractivity contribution is 0.0307. The van der Waals surface area contributed by atoms with Crippen LogP contribution in [0.2, 0.25) is 0 Å². The first-order chi connectivity index (χ1) is 16.8. The van der Waals surface area contributed by atoms with Crippen molar-refractivity contribution in [3.8, 4) is 11.4 Å². The number of hydrogen-bond acceptors (Lipinski definition) is 9. The van der Waals surface area contributed by atoms with Crippen LogP contribution in [0.5, 0.6) is 0 Å². The van der Waals surface area contributed by atoms with Crippen LogP contribution < -0.4 is 5.73 Å². The molecule has 0 atom stereocenters. The van der Waals surface area contributed by atoms with Crippen molar-refractivity contribution in [2.75, 3.05) is 19.8 Å². The minimum Gasteiger partial charge on any atom is -0.492 e. The predicted molar refractivity (Wildman–Crippen MR) is 127 cm³/mol. The van der Waals surface area contributed by atoms with Gasteiger partial charge >= 0.3 is 7.82 Å². The van der Waals surface area contributed by atoms with Crippen LogP contribution in [0.1, 0.15) is 25.0 Å². The van der Waals surface area contributed by atoms with Crippen LogP contribution in [0.3, 0.4) is 0 Å². The molecule has 3 heterocycles. The molecule has 0 amide bonds. The zero-order chi connectivity index (χ0) is 24.6. The van der Waals surface area contributed by atoms with Crippen molar-refractivity contribution in [2.45, 2.75) is 18.9 Å². The van der Waals surface area contributed by atoms with Crippen LogP contribution in [-0.4, -0.2) is 34.9 Å². The van der Waals surface area contributed by atoms with E-state index in [1.807, 2.05) is 13.0 Å². The fraction of sp³-hybridized carbons (Fsp3) is 0.261. The summed E-state index contributed by atoms with van der Waals surface area (Å²) in [5.74, 6) is 1.51. The molecule has 3 N–H and O–H groups in total. The summed E-state index contributed by atoms with van der Waals surface area (Å²) in [7, 11) is -4.07. The Bertz CT molecular complexity index is 1450. The molecule has 182 valence electrons. The summed E-state index contributed by atoms with van der Waals surface area (Å²) < 4.78 is 38.2. The number of halogens is 1. The molecule has 2 aliphatic rings. The zero-order valence-electron chi connectivity index (χ0n) is 18.6. The largest absolute Gasteiger partial charge is 0.492 e. The molecule has 1 aliphatic carbocycles. The number of rotatable bonds is 6. The van der Waals surface area contributed by atoms with E-state index in [1.165, 1.54) is 0 Å². The van der Waals surface area contributed by atoms with Gasteiger partial charge in [-0.05, 0) is 48.9 Å². The van der Waals surface area contributed by atoms with E-state index in [4.69, 9.17) is 40.1 Å². The number of phosphoric ester groups is 1. The average Bonchev–Trinajstić information content (AvgIpc) is 3.46. The minimum absolute atomic E-state index is 0.222. The fourth-order valence-corrected chi connectivity index (χ4v) is 4.56. The molecule has 2 aromatic heterocycles. The molecule has 0 saturated carbocycles. The predicted octanol–water partition coefficient (Wildman–Crippen LogP) is 4.77. The van der Waals surface area contributed by atoms with Gasteiger partial charge in [-0.1, -0.05) is 23.7 Å². The highest BCUT2D eigenvalue weighted by Crippen LogP contribution is 2.49. The van der Waals surface area contributed by atoms with Crippen molar-refractivity contribution in [3.63, 3.8) is 0 Å². The second-order valence-corrected chi connectivity index (χ2v) is 9.92. The lowest BCUT2D eigenvalue weighted by atomic mass is 10.00. The molecule has 35 heavy (non-hydrogen) atoms. The van der Waals surface area contributed by atoms with Gasteiger partial charge < -0.3 is 24.3 Å². The Hall–Kier alpha value is -2.94. The lowest BCUT2D eigenvalue weighted by Crippen LogP contribution is -2.47. The Morgan fingerprint density at radius 2 is 2.11 bits per heavy atom. The number of nitrogens with zero attached hydrogens (tertiary/aromatic N) is 2. The first-order valence-electron chi connectivity index (χ1n) is 10.7. The standard InChI is InChI=1S/C23H21ClN3O7P/c1-2-8-30-19-5-3-4-15(10-17(19)24)22-26-21(27-34-22)14-6-7-18-16(9-14)11-20(33-18)23(25)12-31-35(28,29)32-13-23/h3,5-7,9-11H,2,8,12-13,25H2,1H3,(H,28,29). The molecule has 0 spiro atoms. The Labute approximate surface area is 204 Å². The first-order valence-corrected chi connectivity index (χ1v) is 12.6. The summed E-state index contributed by atoms with van der Waals surface area (Å²) in [6.45, 7) is 2.12. The van der Waals surface area contributed by atoms with E-state index in [9.17, 15) is 9.46 Å². The molecule has 1 saturated heterocycles. The summed E-state index contributed by atoms with van der Waals surface area (Å²) >= 11 is 6.38. The molecule has 10 nitrogen and oxygen atoms in total. The average molecular weight is 518 g/mol. The minimum atomic E-state index is -4.07. The number of nitrogens with two attached hydrogens (primary N) is 1. The third-order valence-electron chi connectivity index (χ3n) is 5.33. The van der Waals surface area contributed by atoms with Crippen LogP contribution >= 0.6 is 19.4 Å². The molecule has 0 unspecified atom stereocenters. The Balaban J connectivity index is 1.39. The monoisotopic (exact) mass is 517 g/mol. The molecule has 1 aromatic carbocycles. The van der Waals surface area contributed by atoms with Crippen molar-refractivity contribution >= 4 is 36.0 Å². The topological polar surface area (TPSA) is 143 Å². The number of allylic oxidation sites excluding steroid dienone is 4. The van der Waals surface area contributed by atoms with Crippen molar-refractivity contribution in [1.82, 2.24) is 10.1 Å². The van der Waals surface area contributed by atoms with Gasteiger partial charge in [0.2, 0.25) is 5.82 Å². The third-order valence-corrected chi connectivity index (χ3v) is 6.54. The number of phosphoric acid groups is 1. The van der Waals surface area contributed by atoms with E-state index in [1.54, 1.807) is 36.4 Å². The lowest BCUT2D eigenvalue weighted by Gasteiger charge is -2.32. The van der Waals surface area contributed by atoms with Crippen molar-refractivity contribution in [3.05, 3.63) is 70.7 Å². The normalized spacial score (nSPS) is 24.6. The van der Waals surface area contributed by atoms with E-state index in [2.05, 4.69) is 15.9 Å². The number of hydrogen-bond donors (Lipinski definition) is 2. The molecular weight excluding hydrogens is 497 g/mol. The van der Waals surface area contributed by atoms with Crippen LogP contribution in [0.4, 0.5) is 0 Å². The van der Waals surface area contributed by atoms with E-state index >= 15 is 0 Å². The number of furan rings is 1. The van der Waals surface area contributed by atoms with Crippen molar-refractivity contribution < 1.29 is 32.2 Å². The second-order valence-electron chi connectivity index (χ2n) is 8.05. The van der Waals surface area contributed by atoms with Gasteiger partial charge in [0.1, 0.15) is 22.6 Å². The van der Waals surface area contributed by atoms with Gasteiger partial charge in [0.15, 0.2) is 0 Å². The molecule has 0 radical (unpaired) electrons. The summed E-state index contributed by atoms with van der Waals surface area (Å²) in [6, 6.07) is 7.07. The SMILES string of the molecule is CCCOC1=CC=C=C(c2nc(-c3ccc4oc(C5(N)COP(=O)(O)OC5)cc4c3)no2)C=C1Cl. The van der Waals surface area contributed by atoms with Crippen molar-refractivity contribution in [1.29, 1.82) is 0 Å². The van der Waals surface area contributed by atoms with Gasteiger partial charge in [-0.15, -0.1) is 5.73 Å². The molecule has 3 aromatic rings. The van der Waals surface area contributed by atoms with Gasteiger partial charge in [-0.25, -0.2) is 4.57 Å². The molecule has 1 fully saturated rings. The number of aromatic nitrogens is 2. The maximum atomic E-state index is 11.5. The highest BCUT2D eigenvalue weighted by atomic mass is 35.5. The second kappa shape index (κ2) is 9.26. The Morgan fingerprint density at radius 3 is 2.89 bits per heavy atom. The number of ether oxygens (including phenoxy) is 1. The van der Waals surface area contributed by atoms with Gasteiger partial charge in [0.05, 0.1) is 30.4 Å². The summed E-state index contributed by atoms with van der Waals surface area (Å²) in [6.07, 6.45) is 5.94. The first kappa shape index (κ1) is 23.8. The van der Waals surface area contributed by atoms with Crippen LogP contribution in [0.15, 0.2) is 68.0 Å². The number of fused-ring (bicyclic) bond motifs is 1. The van der Waals surface area contributed by atoms with E-state index in [0.29, 0.717) is 45.7 Å². The highest BCUT2D eigenvalue weighted by molar-refractivity contribution is 7.47. The zero-order valence-corrected chi connectivity index (χ0v) is 20.2. The van der Waals surface area contributed by atoms with Gasteiger partial charge in [-0.3, -0.25) is 9.05 Å². The summed E-state index contributed by atoms with van der Waals surface area (Å²) in [5, 5.41) is 5.22. The van der Waals surface area contributed by atoms with Crippen LogP contribution in [0.25, 0.3) is 27.9 Å². The molecule has 1 aliphatic heterocycles.